The molecule has 2 aromatic carbocycles. The maximum Gasteiger partial charge on any atom is 0.264 e. The molecule has 0 aliphatic rings. The Labute approximate surface area is 151 Å². The molecule has 1 aromatic heterocycles. The number of anilines is 1. The highest BCUT2D eigenvalue weighted by molar-refractivity contribution is 7.89. The molecular formula is C17H19N5O3S. The molecule has 0 unspecified atom stereocenters. The molecule has 3 N–H and O–H groups in total. The molecule has 26 heavy (non-hydrogen) atoms. The number of aromatic nitrogens is 3. The molecule has 1 heterocycles. The van der Waals surface area contributed by atoms with Crippen molar-refractivity contribution in [3.8, 4) is 11.4 Å². The van der Waals surface area contributed by atoms with Crippen LogP contribution < -0.4 is 15.2 Å². The normalized spacial score (nSPS) is 11.5. The van der Waals surface area contributed by atoms with E-state index in [9.17, 15) is 8.42 Å². The number of rotatable bonds is 6. The van der Waals surface area contributed by atoms with E-state index in [0.717, 1.165) is 11.1 Å². The van der Waals surface area contributed by atoms with Crippen LogP contribution in [0.4, 0.5) is 5.82 Å². The van der Waals surface area contributed by atoms with Crippen LogP contribution in [0.25, 0.3) is 5.69 Å². The third-order valence-electron chi connectivity index (χ3n) is 3.75. The Hall–Kier alpha value is -2.91. The van der Waals surface area contributed by atoms with Gasteiger partial charge in [-0.15, -0.1) is 15.0 Å². The summed E-state index contributed by atoms with van der Waals surface area (Å²) in [6.45, 7) is 2.05. The van der Waals surface area contributed by atoms with Gasteiger partial charge in [0, 0.05) is 6.54 Å². The van der Waals surface area contributed by atoms with Crippen LogP contribution in [0.3, 0.4) is 0 Å². The zero-order valence-electron chi connectivity index (χ0n) is 14.4. The van der Waals surface area contributed by atoms with Gasteiger partial charge < -0.3 is 10.5 Å². The fraction of sp³-hybridized carbons (Fsp3) is 0.176. The van der Waals surface area contributed by atoms with Crippen LogP contribution in [0, 0.1) is 6.92 Å². The van der Waals surface area contributed by atoms with Crippen molar-refractivity contribution in [3.63, 3.8) is 0 Å². The molecule has 8 nitrogen and oxygen atoms in total. The van der Waals surface area contributed by atoms with E-state index in [1.165, 1.54) is 4.80 Å². The smallest absolute Gasteiger partial charge is 0.264 e. The fourth-order valence-electron chi connectivity index (χ4n) is 2.28. The lowest BCUT2D eigenvalue weighted by Crippen LogP contribution is -2.24. The van der Waals surface area contributed by atoms with Crippen LogP contribution in [0.15, 0.2) is 53.6 Å². The number of nitrogen functional groups attached to an aromatic ring is 1. The van der Waals surface area contributed by atoms with E-state index in [-0.39, 0.29) is 17.4 Å². The Balaban J connectivity index is 1.79. The number of nitrogens with two attached hydrogens (primary N) is 1. The van der Waals surface area contributed by atoms with Crippen LogP contribution in [0.2, 0.25) is 0 Å². The maximum absolute atomic E-state index is 12.5. The Kier molecular flexibility index (Phi) is 4.92. The van der Waals surface area contributed by atoms with Gasteiger partial charge in [-0.25, -0.2) is 13.1 Å². The number of methoxy groups -OCH3 is 1. The molecule has 0 spiro atoms. The van der Waals surface area contributed by atoms with E-state index >= 15 is 0 Å². The standard InChI is InChI=1S/C17H19N5O3S/c1-12-3-7-14(8-4-12)22-20-16(18)17(21-22)26(23,24)19-11-13-5-9-15(25-2)10-6-13/h3-10,19H,11H2,1-2H3,(H2,18,20). The summed E-state index contributed by atoms with van der Waals surface area (Å²) < 4.78 is 32.6. The lowest BCUT2D eigenvalue weighted by molar-refractivity contribution is 0.414. The number of benzene rings is 2. The van der Waals surface area contributed by atoms with Crippen molar-refractivity contribution in [1.29, 1.82) is 0 Å². The van der Waals surface area contributed by atoms with Crippen molar-refractivity contribution < 1.29 is 13.2 Å². The van der Waals surface area contributed by atoms with E-state index in [2.05, 4.69) is 14.9 Å². The Morgan fingerprint density at radius 3 is 2.35 bits per heavy atom. The summed E-state index contributed by atoms with van der Waals surface area (Å²) in [6.07, 6.45) is 0. The molecule has 0 aliphatic heterocycles. The molecule has 0 amide bonds. The zero-order valence-corrected chi connectivity index (χ0v) is 15.2. The summed E-state index contributed by atoms with van der Waals surface area (Å²) in [5.74, 6) is 0.537. The topological polar surface area (TPSA) is 112 Å². The highest BCUT2D eigenvalue weighted by Gasteiger charge is 2.23. The van der Waals surface area contributed by atoms with Gasteiger partial charge in [0.25, 0.3) is 10.0 Å². The molecule has 3 aromatic rings. The molecule has 0 aliphatic carbocycles. The summed E-state index contributed by atoms with van der Waals surface area (Å²) in [4.78, 5) is 1.21. The highest BCUT2D eigenvalue weighted by Crippen LogP contribution is 2.17. The second-order valence-electron chi connectivity index (χ2n) is 5.69. The van der Waals surface area contributed by atoms with Gasteiger partial charge in [-0.3, -0.25) is 0 Å². The minimum Gasteiger partial charge on any atom is -0.497 e. The monoisotopic (exact) mass is 373 g/mol. The highest BCUT2D eigenvalue weighted by atomic mass is 32.2. The van der Waals surface area contributed by atoms with Crippen LogP contribution >= 0.6 is 0 Å². The van der Waals surface area contributed by atoms with Gasteiger partial charge in [-0.05, 0) is 36.8 Å². The zero-order chi connectivity index (χ0) is 18.7. The summed E-state index contributed by atoms with van der Waals surface area (Å²) in [6, 6.07) is 14.4. The SMILES string of the molecule is COc1ccc(CNS(=O)(=O)c2nn(-c3ccc(C)cc3)nc2N)cc1. The molecule has 0 saturated carbocycles. The molecule has 136 valence electrons. The summed E-state index contributed by atoms with van der Waals surface area (Å²) in [5.41, 5.74) is 8.24. The van der Waals surface area contributed by atoms with Gasteiger partial charge in [0.2, 0.25) is 5.03 Å². The predicted molar refractivity (Wildman–Crippen MR) is 97.5 cm³/mol. The second-order valence-corrected chi connectivity index (χ2v) is 7.37. The molecule has 9 heteroatoms. The Bertz CT molecular complexity index is 996. The Morgan fingerprint density at radius 2 is 1.73 bits per heavy atom. The molecule has 3 rings (SSSR count). The van der Waals surface area contributed by atoms with Crippen molar-refractivity contribution >= 4 is 15.8 Å². The first-order valence-electron chi connectivity index (χ1n) is 7.81. The summed E-state index contributed by atoms with van der Waals surface area (Å²) in [7, 11) is -2.33. The molecule has 0 bridgehead atoms. The molecule has 0 atom stereocenters. The lowest BCUT2D eigenvalue weighted by atomic mass is 10.2. The van der Waals surface area contributed by atoms with Gasteiger partial charge in [0.15, 0.2) is 5.82 Å². The lowest BCUT2D eigenvalue weighted by Gasteiger charge is -2.06. The minimum absolute atomic E-state index is 0.100. The van der Waals surface area contributed by atoms with E-state index in [1.807, 2.05) is 19.1 Å². The van der Waals surface area contributed by atoms with Crippen molar-refractivity contribution in [1.82, 2.24) is 19.7 Å². The number of nitrogens with zero attached hydrogens (tertiary/aromatic N) is 3. The average molecular weight is 373 g/mol. The fourth-order valence-corrected chi connectivity index (χ4v) is 3.27. The largest absolute Gasteiger partial charge is 0.497 e. The third kappa shape index (κ3) is 3.84. The van der Waals surface area contributed by atoms with E-state index in [4.69, 9.17) is 10.5 Å². The third-order valence-corrected chi connectivity index (χ3v) is 5.08. The van der Waals surface area contributed by atoms with Gasteiger partial charge in [-0.2, -0.15) is 0 Å². The van der Waals surface area contributed by atoms with Crippen LogP contribution in [0.1, 0.15) is 11.1 Å². The first-order chi connectivity index (χ1) is 12.4. The van der Waals surface area contributed by atoms with Crippen molar-refractivity contribution in [2.45, 2.75) is 18.5 Å². The average Bonchev–Trinajstić information content (AvgIpc) is 3.04. The summed E-state index contributed by atoms with van der Waals surface area (Å²) in [5, 5.41) is 7.73. The van der Waals surface area contributed by atoms with Crippen LogP contribution in [-0.2, 0) is 16.6 Å². The van der Waals surface area contributed by atoms with Crippen molar-refractivity contribution in [3.05, 3.63) is 59.7 Å². The molecule has 0 fully saturated rings. The van der Waals surface area contributed by atoms with Gasteiger partial charge in [-0.1, -0.05) is 29.8 Å². The van der Waals surface area contributed by atoms with Crippen LogP contribution in [-0.4, -0.2) is 30.5 Å². The number of sulfonamides is 1. The molecular weight excluding hydrogens is 354 g/mol. The maximum atomic E-state index is 12.5. The van der Waals surface area contributed by atoms with Crippen LogP contribution in [0.5, 0.6) is 5.75 Å². The van der Waals surface area contributed by atoms with Gasteiger partial charge in [0.1, 0.15) is 5.75 Å². The van der Waals surface area contributed by atoms with Gasteiger partial charge >= 0.3 is 0 Å². The minimum atomic E-state index is -3.90. The first-order valence-corrected chi connectivity index (χ1v) is 9.30. The molecule has 0 saturated heterocycles. The van der Waals surface area contributed by atoms with Gasteiger partial charge in [0.05, 0.1) is 12.8 Å². The predicted octanol–water partition coefficient (Wildman–Crippen LogP) is 1.65. The van der Waals surface area contributed by atoms with E-state index < -0.39 is 10.0 Å². The van der Waals surface area contributed by atoms with E-state index in [1.54, 1.807) is 43.5 Å². The number of hydrogen-bond acceptors (Lipinski definition) is 6. The quantitative estimate of drug-likeness (QED) is 0.679. The Morgan fingerprint density at radius 1 is 1.08 bits per heavy atom. The number of ether oxygens (including phenoxy) is 1. The molecule has 0 radical (unpaired) electrons. The van der Waals surface area contributed by atoms with Crippen molar-refractivity contribution in [2.24, 2.45) is 0 Å². The van der Waals surface area contributed by atoms with Crippen molar-refractivity contribution in [2.75, 3.05) is 12.8 Å². The first kappa shape index (κ1) is 17.9. The second kappa shape index (κ2) is 7.14. The number of hydrogen-bond donors (Lipinski definition) is 2. The summed E-state index contributed by atoms with van der Waals surface area (Å²) >= 11 is 0. The van der Waals surface area contributed by atoms with E-state index in [0.29, 0.717) is 11.4 Å². The number of aryl methyl sites for hydroxylation is 1. The number of nitrogens with one attached hydrogen (secondary N) is 1.